The Labute approximate surface area is 190 Å². The van der Waals surface area contributed by atoms with E-state index in [2.05, 4.69) is 26.3 Å². The van der Waals surface area contributed by atoms with E-state index in [9.17, 15) is 9.59 Å². The maximum atomic E-state index is 12.2. The fraction of sp³-hybridized carbons (Fsp3) is 0.609. The second-order valence-electron chi connectivity index (χ2n) is 8.85. The van der Waals surface area contributed by atoms with E-state index in [1.54, 1.807) is 0 Å². The van der Waals surface area contributed by atoms with E-state index < -0.39 is 0 Å². The predicted octanol–water partition coefficient (Wildman–Crippen LogP) is 2.42. The Bertz CT molecular complexity index is 804. The zero-order valence-electron chi connectivity index (χ0n) is 19.8. The van der Waals surface area contributed by atoms with Gasteiger partial charge in [-0.05, 0) is 46.2 Å². The highest BCUT2D eigenvalue weighted by atomic mass is 16.5. The van der Waals surface area contributed by atoms with E-state index in [1.165, 1.54) is 0 Å². The summed E-state index contributed by atoms with van der Waals surface area (Å²) in [6, 6.07) is 5.67. The van der Waals surface area contributed by atoms with Gasteiger partial charge < -0.3 is 30.7 Å². The summed E-state index contributed by atoms with van der Waals surface area (Å²) >= 11 is 0. The van der Waals surface area contributed by atoms with Crippen LogP contribution < -0.4 is 30.7 Å². The molecule has 1 unspecified atom stereocenters. The first kappa shape index (κ1) is 25.3. The van der Waals surface area contributed by atoms with Gasteiger partial charge in [0, 0.05) is 42.7 Å². The number of ether oxygens (including phenoxy) is 2. The zero-order valence-corrected chi connectivity index (χ0v) is 19.8. The molecule has 0 aliphatic carbocycles. The van der Waals surface area contributed by atoms with Crippen LogP contribution in [0, 0.1) is 0 Å². The summed E-state index contributed by atoms with van der Waals surface area (Å²) in [5, 5.41) is 12.1. The van der Waals surface area contributed by atoms with Crippen molar-refractivity contribution in [1.29, 1.82) is 0 Å². The highest BCUT2D eigenvalue weighted by molar-refractivity contribution is 5.95. The van der Waals surface area contributed by atoms with Crippen LogP contribution in [0.1, 0.15) is 53.9 Å². The van der Waals surface area contributed by atoms with E-state index in [-0.39, 0.29) is 29.9 Å². The van der Waals surface area contributed by atoms with Gasteiger partial charge in [0.05, 0.1) is 13.2 Å². The third-order valence-corrected chi connectivity index (χ3v) is 4.57. The molecule has 0 aromatic heterocycles. The van der Waals surface area contributed by atoms with Gasteiger partial charge in [-0.15, -0.1) is 0 Å². The number of anilines is 1. The number of carbonyl (C=O) groups is 2. The molecular weight excluding hydrogens is 410 g/mol. The second kappa shape index (κ2) is 12.2. The minimum absolute atomic E-state index is 0.0349. The molecule has 0 radical (unpaired) electrons. The number of carbonyl (C=O) groups excluding carboxylic acids is 2. The van der Waals surface area contributed by atoms with Gasteiger partial charge in [-0.1, -0.05) is 6.92 Å². The average molecular weight is 448 g/mol. The lowest BCUT2D eigenvalue weighted by Gasteiger charge is -2.20. The molecule has 1 aliphatic heterocycles. The smallest absolute Gasteiger partial charge is 0.242 e. The second-order valence-corrected chi connectivity index (χ2v) is 8.85. The Morgan fingerprint density at radius 3 is 2.53 bits per heavy atom. The topological polar surface area (TPSA) is 113 Å². The van der Waals surface area contributed by atoms with Gasteiger partial charge in [-0.2, -0.15) is 0 Å². The molecule has 0 saturated carbocycles. The van der Waals surface area contributed by atoms with E-state index >= 15 is 0 Å². The van der Waals surface area contributed by atoms with Gasteiger partial charge in [-0.3, -0.25) is 9.59 Å². The summed E-state index contributed by atoms with van der Waals surface area (Å²) < 4.78 is 11.4. The third kappa shape index (κ3) is 9.45. The summed E-state index contributed by atoms with van der Waals surface area (Å²) in [4.78, 5) is 28.7. The summed E-state index contributed by atoms with van der Waals surface area (Å²) in [6.45, 7) is 11.3. The summed E-state index contributed by atoms with van der Waals surface area (Å²) in [5.74, 6) is 1.54. The number of aliphatic imine (C=N–C) groups is 1. The van der Waals surface area contributed by atoms with Crippen molar-refractivity contribution < 1.29 is 19.1 Å². The van der Waals surface area contributed by atoms with Crippen molar-refractivity contribution in [2.45, 2.75) is 65.5 Å². The largest absolute Gasteiger partial charge is 0.490 e. The number of rotatable bonds is 8. The molecule has 0 bridgehead atoms. The van der Waals surface area contributed by atoms with Crippen LogP contribution in [-0.2, 0) is 9.59 Å². The lowest BCUT2D eigenvalue weighted by Crippen LogP contribution is -2.42. The third-order valence-electron chi connectivity index (χ3n) is 4.57. The molecule has 178 valence electrons. The zero-order chi connectivity index (χ0) is 23.6. The predicted molar refractivity (Wildman–Crippen MR) is 126 cm³/mol. The Balaban J connectivity index is 2.04. The van der Waals surface area contributed by atoms with Crippen molar-refractivity contribution in [3.63, 3.8) is 0 Å². The SMILES string of the molecule is CCC(C)NC(=O)CCNC(=NCC(=O)NC(C)(C)C)Nc1ccc2c(c1)OCCCO2. The van der Waals surface area contributed by atoms with Crippen LogP contribution in [0.4, 0.5) is 5.69 Å². The van der Waals surface area contributed by atoms with Gasteiger partial charge in [0.2, 0.25) is 11.8 Å². The molecule has 2 rings (SSSR count). The molecular formula is C23H37N5O4. The van der Waals surface area contributed by atoms with Crippen molar-refractivity contribution in [2.75, 3.05) is 31.6 Å². The molecule has 1 aromatic rings. The number of guanidine groups is 1. The average Bonchev–Trinajstić information content (AvgIpc) is 2.95. The van der Waals surface area contributed by atoms with Crippen molar-refractivity contribution in [3.05, 3.63) is 18.2 Å². The Hall–Kier alpha value is -2.97. The molecule has 1 aromatic carbocycles. The summed E-state index contributed by atoms with van der Waals surface area (Å²) in [7, 11) is 0. The molecule has 9 heteroatoms. The Morgan fingerprint density at radius 1 is 1.12 bits per heavy atom. The van der Waals surface area contributed by atoms with Gasteiger partial charge >= 0.3 is 0 Å². The van der Waals surface area contributed by atoms with Crippen LogP contribution >= 0.6 is 0 Å². The van der Waals surface area contributed by atoms with Gasteiger partial charge in [0.1, 0.15) is 6.54 Å². The first-order valence-electron chi connectivity index (χ1n) is 11.2. The maximum absolute atomic E-state index is 12.2. The lowest BCUT2D eigenvalue weighted by atomic mass is 10.1. The van der Waals surface area contributed by atoms with E-state index in [1.807, 2.05) is 52.8 Å². The van der Waals surface area contributed by atoms with Crippen LogP contribution in [0.2, 0.25) is 0 Å². The van der Waals surface area contributed by atoms with Crippen LogP contribution in [0.5, 0.6) is 11.5 Å². The Kier molecular flexibility index (Phi) is 9.61. The number of benzene rings is 1. The molecule has 0 saturated heterocycles. The van der Waals surface area contributed by atoms with E-state index in [4.69, 9.17) is 9.47 Å². The molecule has 0 fully saturated rings. The fourth-order valence-electron chi connectivity index (χ4n) is 2.87. The van der Waals surface area contributed by atoms with Crippen molar-refractivity contribution >= 4 is 23.5 Å². The van der Waals surface area contributed by atoms with Crippen molar-refractivity contribution in [2.24, 2.45) is 4.99 Å². The normalized spacial score (nSPS) is 14.7. The number of amides is 2. The minimum Gasteiger partial charge on any atom is -0.490 e. The molecule has 1 aliphatic rings. The first-order chi connectivity index (χ1) is 15.2. The standard InChI is InChI=1S/C23H37N5O4/c1-6-16(2)26-20(29)10-11-24-22(25-15-21(30)28-23(3,4)5)27-17-8-9-18-19(14-17)32-13-7-12-31-18/h8-9,14,16H,6-7,10-13,15H2,1-5H3,(H,26,29)(H,28,30)(H2,24,25,27). The van der Waals surface area contributed by atoms with E-state index in [0.717, 1.165) is 18.5 Å². The van der Waals surface area contributed by atoms with Gasteiger partial charge in [0.25, 0.3) is 0 Å². The molecule has 2 amide bonds. The lowest BCUT2D eigenvalue weighted by molar-refractivity contribution is -0.122. The molecule has 0 spiro atoms. The molecule has 32 heavy (non-hydrogen) atoms. The summed E-state index contributed by atoms with van der Waals surface area (Å²) in [5.41, 5.74) is 0.400. The van der Waals surface area contributed by atoms with Crippen molar-refractivity contribution in [1.82, 2.24) is 16.0 Å². The molecule has 9 nitrogen and oxygen atoms in total. The van der Waals surface area contributed by atoms with Crippen LogP contribution in [-0.4, -0.2) is 55.7 Å². The van der Waals surface area contributed by atoms with Crippen LogP contribution in [0.15, 0.2) is 23.2 Å². The number of fused-ring (bicyclic) bond motifs is 1. The number of hydrogen-bond donors (Lipinski definition) is 4. The maximum Gasteiger partial charge on any atom is 0.242 e. The number of hydrogen-bond acceptors (Lipinski definition) is 5. The monoisotopic (exact) mass is 447 g/mol. The minimum atomic E-state index is -0.337. The van der Waals surface area contributed by atoms with Crippen LogP contribution in [0.25, 0.3) is 0 Å². The highest BCUT2D eigenvalue weighted by Crippen LogP contribution is 2.32. The quantitative estimate of drug-likeness (QED) is 0.360. The van der Waals surface area contributed by atoms with E-state index in [0.29, 0.717) is 43.6 Å². The van der Waals surface area contributed by atoms with Gasteiger partial charge in [0.15, 0.2) is 17.5 Å². The summed E-state index contributed by atoms with van der Waals surface area (Å²) in [6.07, 6.45) is 1.99. The highest BCUT2D eigenvalue weighted by Gasteiger charge is 2.15. The van der Waals surface area contributed by atoms with Gasteiger partial charge in [-0.25, -0.2) is 4.99 Å². The molecule has 4 N–H and O–H groups in total. The fourth-order valence-corrected chi connectivity index (χ4v) is 2.87. The van der Waals surface area contributed by atoms with Crippen LogP contribution in [0.3, 0.4) is 0 Å². The number of nitrogens with zero attached hydrogens (tertiary/aromatic N) is 1. The number of nitrogens with one attached hydrogen (secondary N) is 4. The molecule has 1 heterocycles. The first-order valence-corrected chi connectivity index (χ1v) is 11.2. The molecule has 1 atom stereocenters. The van der Waals surface area contributed by atoms with Crippen molar-refractivity contribution in [3.8, 4) is 11.5 Å². The Morgan fingerprint density at radius 2 is 1.84 bits per heavy atom.